The Morgan fingerprint density at radius 3 is 2.41 bits per heavy atom. The molecule has 2 N–H and O–H groups in total. The van der Waals surface area contributed by atoms with Crippen LogP contribution in [0.4, 0.5) is 0 Å². The third-order valence-corrected chi connectivity index (χ3v) is 3.12. The van der Waals surface area contributed by atoms with E-state index in [4.69, 9.17) is 18.9 Å². The Bertz CT molecular complexity index is 200. The number of hydrogen-bond donors (Lipinski definition) is 2. The average molecular weight is 250 g/mol. The lowest BCUT2D eigenvalue weighted by molar-refractivity contribution is -0.113. The van der Waals surface area contributed by atoms with Gasteiger partial charge >= 0.3 is 0 Å². The van der Waals surface area contributed by atoms with E-state index in [0.29, 0.717) is 13.0 Å². The molecule has 6 nitrogen and oxygen atoms in total. The molecule has 1 rings (SSSR count). The van der Waals surface area contributed by atoms with Crippen LogP contribution in [0.25, 0.3) is 0 Å². The maximum atomic E-state index is 9.82. The topological polar surface area (TPSA) is 77.4 Å². The molecule has 0 aromatic carbocycles. The van der Waals surface area contributed by atoms with E-state index in [1.807, 2.05) is 0 Å². The summed E-state index contributed by atoms with van der Waals surface area (Å²) in [5, 5.41) is 19.1. The van der Waals surface area contributed by atoms with Gasteiger partial charge in [0.05, 0.1) is 18.8 Å². The first-order valence-corrected chi connectivity index (χ1v) is 5.70. The molecule has 102 valence electrons. The summed E-state index contributed by atoms with van der Waals surface area (Å²) in [4.78, 5) is 0. The van der Waals surface area contributed by atoms with Gasteiger partial charge in [0.25, 0.3) is 0 Å². The summed E-state index contributed by atoms with van der Waals surface area (Å²) in [7, 11) is 3.09. The Morgan fingerprint density at radius 1 is 1.12 bits per heavy atom. The summed E-state index contributed by atoms with van der Waals surface area (Å²) < 4.78 is 20.4. The predicted molar refractivity (Wildman–Crippen MR) is 59.3 cm³/mol. The summed E-state index contributed by atoms with van der Waals surface area (Å²) in [5.41, 5.74) is 0. The second kappa shape index (κ2) is 7.97. The molecule has 1 unspecified atom stereocenters. The highest BCUT2D eigenvalue weighted by atomic mass is 16.7. The number of hydrogen-bond acceptors (Lipinski definition) is 6. The Kier molecular flexibility index (Phi) is 6.94. The lowest BCUT2D eigenvalue weighted by atomic mass is 9.95. The fourth-order valence-electron chi connectivity index (χ4n) is 2.25. The van der Waals surface area contributed by atoms with Crippen molar-refractivity contribution in [3.63, 3.8) is 0 Å². The minimum absolute atomic E-state index is 0.0414. The fourth-order valence-corrected chi connectivity index (χ4v) is 2.25. The van der Waals surface area contributed by atoms with E-state index in [2.05, 4.69) is 0 Å². The van der Waals surface area contributed by atoms with Gasteiger partial charge in [-0.25, -0.2) is 0 Å². The van der Waals surface area contributed by atoms with Crippen LogP contribution in [0.15, 0.2) is 0 Å². The number of ether oxygens (including phenoxy) is 4. The van der Waals surface area contributed by atoms with Crippen LogP contribution in [0.3, 0.4) is 0 Å². The normalized spacial score (nSPS) is 33.2. The van der Waals surface area contributed by atoms with Crippen molar-refractivity contribution >= 4 is 0 Å². The average Bonchev–Trinajstić information content (AvgIpc) is 2.63. The Morgan fingerprint density at radius 2 is 1.82 bits per heavy atom. The van der Waals surface area contributed by atoms with Gasteiger partial charge in [-0.3, -0.25) is 0 Å². The number of rotatable bonds is 8. The predicted octanol–water partition coefficient (Wildman–Crippen LogP) is -0.415. The van der Waals surface area contributed by atoms with Gasteiger partial charge in [-0.15, -0.1) is 0 Å². The third kappa shape index (κ3) is 4.17. The molecule has 0 aromatic rings. The molecular formula is C11H22O6. The van der Waals surface area contributed by atoms with Crippen molar-refractivity contribution in [3.8, 4) is 0 Å². The monoisotopic (exact) mass is 250 g/mol. The summed E-state index contributed by atoms with van der Waals surface area (Å²) >= 11 is 0. The molecule has 0 aliphatic heterocycles. The zero-order chi connectivity index (χ0) is 12.7. The number of methoxy groups -OCH3 is 2. The Hall–Kier alpha value is -0.240. The molecular weight excluding hydrogens is 228 g/mol. The summed E-state index contributed by atoms with van der Waals surface area (Å²) in [6.07, 6.45) is -0.216. The van der Waals surface area contributed by atoms with Gasteiger partial charge in [-0.05, 0) is 0 Å². The van der Waals surface area contributed by atoms with Crippen LogP contribution in [-0.4, -0.2) is 63.4 Å². The van der Waals surface area contributed by atoms with Crippen molar-refractivity contribution in [2.24, 2.45) is 11.8 Å². The molecule has 0 saturated heterocycles. The lowest BCUT2D eigenvalue weighted by Gasteiger charge is -2.23. The highest BCUT2D eigenvalue weighted by Crippen LogP contribution is 2.34. The molecule has 4 atom stereocenters. The highest BCUT2D eigenvalue weighted by Gasteiger charge is 2.42. The molecule has 0 spiro atoms. The van der Waals surface area contributed by atoms with Crippen LogP contribution >= 0.6 is 0 Å². The maximum absolute atomic E-state index is 9.82. The van der Waals surface area contributed by atoms with E-state index in [9.17, 15) is 10.2 Å². The molecule has 0 aromatic heterocycles. The minimum atomic E-state index is -0.557. The molecule has 17 heavy (non-hydrogen) atoms. The molecule has 1 fully saturated rings. The van der Waals surface area contributed by atoms with Gasteiger partial charge in [-0.2, -0.15) is 0 Å². The first-order chi connectivity index (χ1) is 8.24. The van der Waals surface area contributed by atoms with Crippen LogP contribution in [0.1, 0.15) is 6.42 Å². The summed E-state index contributed by atoms with van der Waals surface area (Å²) in [5.74, 6) is -0.256. The van der Waals surface area contributed by atoms with Crippen LogP contribution in [0.5, 0.6) is 0 Å². The molecule has 0 radical (unpaired) electrons. The van der Waals surface area contributed by atoms with Gasteiger partial charge in [0.15, 0.2) is 0 Å². The molecule has 6 heteroatoms. The van der Waals surface area contributed by atoms with Crippen molar-refractivity contribution < 1.29 is 29.2 Å². The van der Waals surface area contributed by atoms with Crippen molar-refractivity contribution in [2.75, 3.05) is 41.0 Å². The van der Waals surface area contributed by atoms with Crippen LogP contribution in [-0.2, 0) is 18.9 Å². The quantitative estimate of drug-likeness (QED) is 0.450. The van der Waals surface area contributed by atoms with Crippen molar-refractivity contribution in [1.29, 1.82) is 0 Å². The Balaban J connectivity index is 2.49. The fraction of sp³-hybridized carbons (Fsp3) is 1.00. The van der Waals surface area contributed by atoms with E-state index in [0.717, 1.165) is 0 Å². The van der Waals surface area contributed by atoms with E-state index < -0.39 is 6.10 Å². The zero-order valence-corrected chi connectivity index (χ0v) is 10.4. The maximum Gasteiger partial charge on any atom is 0.146 e. The number of aliphatic hydroxyl groups excluding tert-OH is 2. The smallest absolute Gasteiger partial charge is 0.146 e. The molecule has 1 saturated carbocycles. The largest absolute Gasteiger partial charge is 0.396 e. The molecule has 1 aliphatic rings. The van der Waals surface area contributed by atoms with Gasteiger partial charge in [0.1, 0.15) is 13.6 Å². The van der Waals surface area contributed by atoms with Crippen LogP contribution in [0, 0.1) is 11.8 Å². The zero-order valence-electron chi connectivity index (χ0n) is 10.4. The van der Waals surface area contributed by atoms with Crippen molar-refractivity contribution in [1.82, 2.24) is 0 Å². The molecule has 0 amide bonds. The second-order valence-electron chi connectivity index (χ2n) is 4.20. The first kappa shape index (κ1) is 14.8. The van der Waals surface area contributed by atoms with E-state index in [1.54, 1.807) is 14.2 Å². The van der Waals surface area contributed by atoms with Crippen LogP contribution < -0.4 is 0 Å². The minimum Gasteiger partial charge on any atom is -0.396 e. The standard InChI is InChI=1S/C11H22O6/c1-14-6-16-5-9-8(4-12)10(13)3-11(9)17-7-15-2/h8-13H,3-7H2,1-2H3/t8-,9?,10+,11-/m0/s1. The van der Waals surface area contributed by atoms with Gasteiger partial charge in [0.2, 0.25) is 0 Å². The van der Waals surface area contributed by atoms with Gasteiger partial charge in [-0.1, -0.05) is 0 Å². The first-order valence-electron chi connectivity index (χ1n) is 5.70. The lowest BCUT2D eigenvalue weighted by Crippen LogP contribution is -2.31. The second-order valence-corrected chi connectivity index (χ2v) is 4.20. The number of aliphatic hydroxyl groups is 2. The van der Waals surface area contributed by atoms with E-state index >= 15 is 0 Å². The molecule has 0 bridgehead atoms. The molecule has 1 aliphatic carbocycles. The van der Waals surface area contributed by atoms with Gasteiger partial charge in [0, 0.05) is 39.1 Å². The van der Waals surface area contributed by atoms with Crippen molar-refractivity contribution in [2.45, 2.75) is 18.6 Å². The molecule has 0 heterocycles. The summed E-state index contributed by atoms with van der Waals surface area (Å²) in [6.45, 7) is 0.692. The van der Waals surface area contributed by atoms with Gasteiger partial charge < -0.3 is 29.2 Å². The van der Waals surface area contributed by atoms with E-state index in [-0.39, 0.29) is 38.1 Å². The van der Waals surface area contributed by atoms with Crippen LogP contribution in [0.2, 0.25) is 0 Å². The summed E-state index contributed by atoms with van der Waals surface area (Å²) in [6, 6.07) is 0. The Labute approximate surface area is 101 Å². The SMILES string of the molecule is COCOCC1[C@@H](OCOC)C[C@@H](O)[C@H]1CO. The highest BCUT2D eigenvalue weighted by molar-refractivity contribution is 4.91. The van der Waals surface area contributed by atoms with Crippen molar-refractivity contribution in [3.05, 3.63) is 0 Å². The van der Waals surface area contributed by atoms with E-state index in [1.165, 1.54) is 0 Å². The third-order valence-electron chi connectivity index (χ3n) is 3.12.